The van der Waals surface area contributed by atoms with E-state index in [-0.39, 0.29) is 5.71 Å². The molecule has 20 heavy (non-hydrogen) atoms. The van der Waals surface area contributed by atoms with Crippen LogP contribution in [0, 0.1) is 0 Å². The number of hydroxylamine groups is 1. The molecule has 0 saturated heterocycles. The Bertz CT molecular complexity index is 495. The largest absolute Gasteiger partial charge is 0.477 e. The van der Waals surface area contributed by atoms with Crippen LogP contribution in [-0.4, -0.2) is 35.1 Å². The highest BCUT2D eigenvalue weighted by molar-refractivity contribution is 6.34. The van der Waals surface area contributed by atoms with Crippen LogP contribution in [0.15, 0.2) is 41.0 Å². The number of carboxylic acid groups (broad SMARTS) is 1. The van der Waals surface area contributed by atoms with Crippen molar-refractivity contribution in [1.82, 2.24) is 5.17 Å². The van der Waals surface area contributed by atoms with Gasteiger partial charge >= 0.3 is 5.97 Å². The van der Waals surface area contributed by atoms with Crippen molar-refractivity contribution in [3.05, 3.63) is 41.5 Å². The van der Waals surface area contributed by atoms with Gasteiger partial charge < -0.3 is 5.11 Å². The molecule has 0 unspecified atom stereocenters. The van der Waals surface area contributed by atoms with Crippen LogP contribution in [0.3, 0.4) is 0 Å². The van der Waals surface area contributed by atoms with Crippen LogP contribution in [0.25, 0.3) is 6.08 Å². The summed E-state index contributed by atoms with van der Waals surface area (Å²) in [6, 6.07) is 9.92. The number of carbonyl (C=O) groups is 1. The normalized spacial score (nSPS) is 12.3. The van der Waals surface area contributed by atoms with Gasteiger partial charge in [-0.05, 0) is 31.9 Å². The van der Waals surface area contributed by atoms with Crippen molar-refractivity contribution in [2.75, 3.05) is 13.2 Å². The molecular weight excluding hydrogens is 256 g/mol. The predicted molar refractivity (Wildman–Crippen MR) is 79.2 cm³/mol. The van der Waals surface area contributed by atoms with Crippen LogP contribution in [0.5, 0.6) is 0 Å². The highest BCUT2D eigenvalue weighted by Crippen LogP contribution is 2.07. The average molecular weight is 276 g/mol. The van der Waals surface area contributed by atoms with Gasteiger partial charge in [-0.25, -0.2) is 4.79 Å². The number of benzene rings is 1. The van der Waals surface area contributed by atoms with E-state index < -0.39 is 5.97 Å². The van der Waals surface area contributed by atoms with Gasteiger partial charge in [0.1, 0.15) is 5.71 Å². The van der Waals surface area contributed by atoms with Crippen LogP contribution in [-0.2, 0) is 9.63 Å². The molecule has 0 saturated carbocycles. The molecule has 5 heteroatoms. The average Bonchev–Trinajstić information content (AvgIpc) is 2.44. The number of aliphatic carboxylic acids is 1. The molecule has 0 bridgehead atoms. The third-order valence-corrected chi connectivity index (χ3v) is 2.50. The Morgan fingerprint density at radius 3 is 2.55 bits per heavy atom. The molecule has 0 heterocycles. The van der Waals surface area contributed by atoms with Crippen LogP contribution < -0.4 is 0 Å². The van der Waals surface area contributed by atoms with Gasteiger partial charge in [0.25, 0.3) is 0 Å². The number of nitrogens with zero attached hydrogens (tertiary/aromatic N) is 2. The Morgan fingerprint density at radius 1 is 1.35 bits per heavy atom. The fourth-order valence-corrected chi connectivity index (χ4v) is 1.45. The minimum atomic E-state index is -1.05. The number of hydrogen-bond acceptors (Lipinski definition) is 4. The lowest BCUT2D eigenvalue weighted by atomic mass is 10.1. The molecule has 5 nitrogen and oxygen atoms in total. The van der Waals surface area contributed by atoms with Crippen molar-refractivity contribution in [3.8, 4) is 0 Å². The summed E-state index contributed by atoms with van der Waals surface area (Å²) in [5.74, 6) is -1.05. The van der Waals surface area contributed by atoms with E-state index in [1.807, 2.05) is 50.3 Å². The summed E-state index contributed by atoms with van der Waals surface area (Å²) in [6.07, 6.45) is 2.02. The van der Waals surface area contributed by atoms with E-state index >= 15 is 0 Å². The standard InChI is InChI=1S/C15H20N2O3/c1-4-17(16-13(3)15(18)19)20-11-12(2)10-14-8-6-5-7-9-14/h5-10H,4,11H2,1-3H3,(H,18,19). The Balaban J connectivity index is 2.58. The fraction of sp³-hybridized carbons (Fsp3) is 0.333. The third-order valence-electron chi connectivity index (χ3n) is 2.50. The van der Waals surface area contributed by atoms with Gasteiger partial charge in [-0.15, -0.1) is 5.10 Å². The molecule has 0 radical (unpaired) electrons. The molecule has 0 atom stereocenters. The molecular formula is C15H20N2O3. The lowest BCUT2D eigenvalue weighted by Crippen LogP contribution is -2.22. The molecule has 1 rings (SSSR count). The Kier molecular flexibility index (Phi) is 6.46. The lowest BCUT2D eigenvalue weighted by Gasteiger charge is -2.17. The summed E-state index contributed by atoms with van der Waals surface area (Å²) >= 11 is 0. The minimum absolute atomic E-state index is 0.00320. The highest BCUT2D eigenvalue weighted by atomic mass is 16.7. The molecule has 0 amide bonds. The Hall–Kier alpha value is -2.14. The first-order valence-electron chi connectivity index (χ1n) is 6.44. The molecule has 0 fully saturated rings. The first-order chi connectivity index (χ1) is 9.52. The van der Waals surface area contributed by atoms with Gasteiger partial charge in [0.2, 0.25) is 0 Å². The molecule has 0 spiro atoms. The van der Waals surface area contributed by atoms with Crippen LogP contribution in [0.4, 0.5) is 0 Å². The topological polar surface area (TPSA) is 62.1 Å². The lowest BCUT2D eigenvalue weighted by molar-refractivity contribution is -0.148. The van der Waals surface area contributed by atoms with Crippen molar-refractivity contribution in [2.24, 2.45) is 5.10 Å². The zero-order valence-electron chi connectivity index (χ0n) is 12.0. The third kappa shape index (κ3) is 5.67. The van der Waals surface area contributed by atoms with Gasteiger partial charge in [-0.1, -0.05) is 36.4 Å². The molecule has 0 aliphatic rings. The molecule has 1 N–H and O–H groups in total. The van der Waals surface area contributed by atoms with Gasteiger partial charge in [0.05, 0.1) is 13.2 Å². The monoisotopic (exact) mass is 276 g/mol. The summed E-state index contributed by atoms with van der Waals surface area (Å²) in [7, 11) is 0. The van der Waals surface area contributed by atoms with Crippen molar-refractivity contribution in [3.63, 3.8) is 0 Å². The van der Waals surface area contributed by atoms with E-state index in [9.17, 15) is 4.79 Å². The van der Waals surface area contributed by atoms with Crippen molar-refractivity contribution < 1.29 is 14.7 Å². The number of hydrogen-bond donors (Lipinski definition) is 1. The molecule has 1 aromatic rings. The summed E-state index contributed by atoms with van der Waals surface area (Å²) in [5, 5.41) is 13.9. The number of rotatable bonds is 7. The van der Waals surface area contributed by atoms with E-state index in [4.69, 9.17) is 9.94 Å². The van der Waals surface area contributed by atoms with Crippen LogP contribution >= 0.6 is 0 Å². The van der Waals surface area contributed by atoms with Crippen LogP contribution in [0.1, 0.15) is 26.3 Å². The first-order valence-corrected chi connectivity index (χ1v) is 6.44. The quantitative estimate of drug-likeness (QED) is 0.614. The highest BCUT2D eigenvalue weighted by Gasteiger charge is 2.06. The molecule has 0 aromatic heterocycles. The maximum atomic E-state index is 10.7. The second-order valence-electron chi connectivity index (χ2n) is 4.33. The number of hydrazone groups is 1. The van der Waals surface area contributed by atoms with E-state index in [0.29, 0.717) is 13.2 Å². The number of carboxylic acids is 1. The smallest absolute Gasteiger partial charge is 0.351 e. The van der Waals surface area contributed by atoms with Gasteiger partial charge in [-0.2, -0.15) is 5.17 Å². The van der Waals surface area contributed by atoms with E-state index in [0.717, 1.165) is 11.1 Å². The van der Waals surface area contributed by atoms with E-state index in [1.54, 1.807) is 0 Å². The predicted octanol–water partition coefficient (Wildman–Crippen LogP) is 2.80. The fourth-order valence-electron chi connectivity index (χ4n) is 1.45. The van der Waals surface area contributed by atoms with Crippen molar-refractivity contribution in [2.45, 2.75) is 20.8 Å². The molecule has 0 aliphatic heterocycles. The van der Waals surface area contributed by atoms with Gasteiger partial charge in [0, 0.05) is 0 Å². The summed E-state index contributed by atoms with van der Waals surface area (Å²) in [6.45, 7) is 6.06. The van der Waals surface area contributed by atoms with Crippen molar-refractivity contribution >= 4 is 17.8 Å². The Morgan fingerprint density at radius 2 is 2.00 bits per heavy atom. The zero-order valence-corrected chi connectivity index (χ0v) is 12.0. The molecule has 1 aromatic carbocycles. The van der Waals surface area contributed by atoms with Gasteiger partial charge in [0.15, 0.2) is 0 Å². The maximum absolute atomic E-state index is 10.7. The SMILES string of the molecule is CCN(N=C(C)C(=O)O)OCC(C)=Cc1ccccc1. The van der Waals surface area contributed by atoms with Gasteiger partial charge in [-0.3, -0.25) is 4.84 Å². The van der Waals surface area contributed by atoms with E-state index in [2.05, 4.69) is 5.10 Å². The Labute approximate surface area is 119 Å². The summed E-state index contributed by atoms with van der Waals surface area (Å²) < 4.78 is 0. The minimum Gasteiger partial charge on any atom is -0.477 e. The summed E-state index contributed by atoms with van der Waals surface area (Å²) in [4.78, 5) is 16.2. The molecule has 0 aliphatic carbocycles. The van der Waals surface area contributed by atoms with E-state index in [1.165, 1.54) is 12.1 Å². The van der Waals surface area contributed by atoms with Crippen LogP contribution in [0.2, 0.25) is 0 Å². The second kappa shape index (κ2) is 8.12. The maximum Gasteiger partial charge on any atom is 0.351 e. The summed E-state index contributed by atoms with van der Waals surface area (Å²) in [5.41, 5.74) is 2.12. The molecule has 108 valence electrons. The van der Waals surface area contributed by atoms with Crippen molar-refractivity contribution in [1.29, 1.82) is 0 Å². The first kappa shape index (κ1) is 15.9. The zero-order chi connectivity index (χ0) is 15.0. The second-order valence-corrected chi connectivity index (χ2v) is 4.33.